The average molecular weight is 358 g/mol. The molecule has 0 saturated heterocycles. The standard InChI is InChI=1S/C14H17NO2S3.C2H6/c1-14(2,3)17-13(16)15-9-10-6-7-12(19-10)20-11-5-4-8-18-11;1-2/h4-8H,9H2,1-3H3,(H,15,16);1-2H3. The van der Waals surface area contributed by atoms with Crippen LogP contribution in [0, 0.1) is 0 Å². The number of carbonyl (C=O) groups excluding carboxylic acids is 1. The van der Waals surface area contributed by atoms with Crippen LogP contribution < -0.4 is 5.32 Å². The van der Waals surface area contributed by atoms with Crippen molar-refractivity contribution in [3.05, 3.63) is 34.5 Å². The van der Waals surface area contributed by atoms with Crippen LogP contribution in [0.2, 0.25) is 0 Å². The zero-order valence-corrected chi connectivity index (χ0v) is 16.1. The van der Waals surface area contributed by atoms with Crippen molar-refractivity contribution >= 4 is 40.5 Å². The molecule has 22 heavy (non-hydrogen) atoms. The van der Waals surface area contributed by atoms with Gasteiger partial charge in [0.05, 0.1) is 15.0 Å². The van der Waals surface area contributed by atoms with Crippen LogP contribution in [0.3, 0.4) is 0 Å². The fraction of sp³-hybridized carbons (Fsp3) is 0.438. The number of carbonyl (C=O) groups is 1. The van der Waals surface area contributed by atoms with Gasteiger partial charge in [-0.05, 0) is 44.4 Å². The summed E-state index contributed by atoms with van der Waals surface area (Å²) < 4.78 is 7.71. The Hall–Kier alpha value is -0.980. The number of amides is 1. The van der Waals surface area contributed by atoms with Crippen molar-refractivity contribution in [1.82, 2.24) is 5.32 Å². The Morgan fingerprint density at radius 3 is 2.55 bits per heavy atom. The molecule has 0 aliphatic carbocycles. The SMILES string of the molecule is CC.CC(C)(C)OC(=O)NCc1ccc(Sc2cccs2)s1. The van der Waals surface area contributed by atoms with E-state index in [0.717, 1.165) is 4.88 Å². The largest absolute Gasteiger partial charge is 0.444 e. The third-order valence-corrected chi connectivity index (χ3v) is 5.39. The quantitative estimate of drug-likeness (QED) is 0.728. The van der Waals surface area contributed by atoms with Gasteiger partial charge in [-0.3, -0.25) is 0 Å². The summed E-state index contributed by atoms with van der Waals surface area (Å²) in [4.78, 5) is 12.7. The minimum absolute atomic E-state index is 0.377. The summed E-state index contributed by atoms with van der Waals surface area (Å²) in [5.74, 6) is 0. The zero-order valence-electron chi connectivity index (χ0n) is 13.6. The van der Waals surface area contributed by atoms with E-state index in [-0.39, 0.29) is 6.09 Å². The van der Waals surface area contributed by atoms with Gasteiger partial charge in [-0.25, -0.2) is 4.79 Å². The van der Waals surface area contributed by atoms with Gasteiger partial charge in [0.15, 0.2) is 0 Å². The highest BCUT2D eigenvalue weighted by molar-refractivity contribution is 8.02. The second-order valence-electron chi connectivity index (χ2n) is 5.11. The highest BCUT2D eigenvalue weighted by atomic mass is 32.2. The molecular weight excluding hydrogens is 334 g/mol. The van der Waals surface area contributed by atoms with Crippen LogP contribution in [0.5, 0.6) is 0 Å². The molecule has 0 fully saturated rings. The van der Waals surface area contributed by atoms with Gasteiger partial charge < -0.3 is 10.1 Å². The molecule has 6 heteroatoms. The summed E-state index contributed by atoms with van der Waals surface area (Å²) in [6.45, 7) is 10.1. The Balaban J connectivity index is 0.00000116. The zero-order chi connectivity index (χ0) is 16.6. The second kappa shape index (κ2) is 9.22. The van der Waals surface area contributed by atoms with E-state index in [9.17, 15) is 4.79 Å². The summed E-state index contributed by atoms with van der Waals surface area (Å²) >= 11 is 5.17. The minimum Gasteiger partial charge on any atom is -0.444 e. The van der Waals surface area contributed by atoms with E-state index in [1.165, 1.54) is 8.42 Å². The molecule has 0 radical (unpaired) electrons. The number of hydrogen-bond donors (Lipinski definition) is 1. The van der Waals surface area contributed by atoms with E-state index in [0.29, 0.717) is 6.54 Å². The lowest BCUT2D eigenvalue weighted by atomic mass is 10.2. The van der Waals surface area contributed by atoms with Crippen molar-refractivity contribution in [2.75, 3.05) is 0 Å². The van der Waals surface area contributed by atoms with Crippen molar-refractivity contribution in [2.24, 2.45) is 0 Å². The van der Waals surface area contributed by atoms with Crippen LogP contribution in [0.25, 0.3) is 0 Å². The van der Waals surface area contributed by atoms with Gasteiger partial charge in [0.2, 0.25) is 0 Å². The number of nitrogens with one attached hydrogen (secondary N) is 1. The lowest BCUT2D eigenvalue weighted by Gasteiger charge is -2.19. The Labute approximate surface area is 145 Å². The minimum atomic E-state index is -0.459. The van der Waals surface area contributed by atoms with Gasteiger partial charge in [0.1, 0.15) is 5.60 Å². The molecule has 2 heterocycles. The molecule has 0 spiro atoms. The number of ether oxygens (including phenoxy) is 1. The van der Waals surface area contributed by atoms with Gasteiger partial charge in [0, 0.05) is 4.88 Å². The number of hydrogen-bond acceptors (Lipinski definition) is 5. The first kappa shape index (κ1) is 19.1. The summed E-state index contributed by atoms with van der Waals surface area (Å²) in [5, 5.41) is 4.84. The van der Waals surface area contributed by atoms with Crippen LogP contribution in [-0.4, -0.2) is 11.7 Å². The maximum absolute atomic E-state index is 11.6. The van der Waals surface area contributed by atoms with Crippen LogP contribution >= 0.6 is 34.4 Å². The second-order valence-corrected chi connectivity index (χ2v) is 8.83. The van der Waals surface area contributed by atoms with E-state index >= 15 is 0 Å². The normalized spacial score (nSPS) is 10.6. The Morgan fingerprint density at radius 2 is 1.95 bits per heavy atom. The maximum Gasteiger partial charge on any atom is 0.407 e. The molecule has 2 aromatic rings. The highest BCUT2D eigenvalue weighted by Gasteiger charge is 2.15. The first-order valence-electron chi connectivity index (χ1n) is 7.19. The predicted molar refractivity (Wildman–Crippen MR) is 97.2 cm³/mol. The molecule has 0 aliphatic rings. The molecule has 0 bridgehead atoms. The highest BCUT2D eigenvalue weighted by Crippen LogP contribution is 2.35. The van der Waals surface area contributed by atoms with Crippen molar-refractivity contribution in [2.45, 2.75) is 55.2 Å². The number of alkyl carbamates (subject to hydrolysis) is 1. The topological polar surface area (TPSA) is 38.3 Å². The van der Waals surface area contributed by atoms with Crippen LogP contribution in [0.4, 0.5) is 4.79 Å². The number of rotatable bonds is 4. The molecule has 1 amide bonds. The monoisotopic (exact) mass is 357 g/mol. The van der Waals surface area contributed by atoms with Crippen molar-refractivity contribution in [1.29, 1.82) is 0 Å². The van der Waals surface area contributed by atoms with Gasteiger partial charge in [-0.1, -0.05) is 31.7 Å². The molecule has 2 aromatic heterocycles. The molecule has 0 aliphatic heterocycles. The average Bonchev–Trinajstić information content (AvgIpc) is 3.09. The summed E-state index contributed by atoms with van der Waals surface area (Å²) in [5.41, 5.74) is -0.459. The van der Waals surface area contributed by atoms with Crippen molar-refractivity contribution in [3.8, 4) is 0 Å². The lowest BCUT2D eigenvalue weighted by Crippen LogP contribution is -2.31. The molecule has 2 rings (SSSR count). The van der Waals surface area contributed by atoms with Gasteiger partial charge in [-0.15, -0.1) is 22.7 Å². The van der Waals surface area contributed by atoms with E-state index in [2.05, 4.69) is 22.8 Å². The smallest absolute Gasteiger partial charge is 0.407 e. The molecule has 3 nitrogen and oxygen atoms in total. The maximum atomic E-state index is 11.6. The fourth-order valence-electron chi connectivity index (χ4n) is 1.40. The first-order chi connectivity index (χ1) is 10.4. The molecule has 0 atom stereocenters. The Bertz CT molecular complexity index is 556. The fourth-order valence-corrected chi connectivity index (χ4v) is 4.55. The van der Waals surface area contributed by atoms with Gasteiger partial charge >= 0.3 is 6.09 Å². The third-order valence-electron chi connectivity index (χ3n) is 2.14. The van der Waals surface area contributed by atoms with Crippen molar-refractivity contribution in [3.63, 3.8) is 0 Å². The molecule has 1 N–H and O–H groups in total. The Kier molecular flexibility index (Phi) is 8.00. The molecular formula is C16H23NO2S3. The lowest BCUT2D eigenvalue weighted by molar-refractivity contribution is 0.0524. The summed E-state index contributed by atoms with van der Waals surface area (Å²) in [7, 11) is 0. The van der Waals surface area contributed by atoms with Crippen LogP contribution in [0.1, 0.15) is 39.5 Å². The molecule has 0 unspecified atom stereocenters. The molecule has 122 valence electrons. The van der Waals surface area contributed by atoms with Crippen LogP contribution in [0.15, 0.2) is 38.1 Å². The summed E-state index contributed by atoms with van der Waals surface area (Å²) in [6.07, 6.45) is -0.377. The third kappa shape index (κ3) is 7.33. The van der Waals surface area contributed by atoms with Gasteiger partial charge in [-0.2, -0.15) is 0 Å². The first-order valence-corrected chi connectivity index (χ1v) is 9.70. The van der Waals surface area contributed by atoms with Gasteiger partial charge in [0.25, 0.3) is 0 Å². The van der Waals surface area contributed by atoms with E-state index in [1.54, 1.807) is 34.4 Å². The van der Waals surface area contributed by atoms with E-state index < -0.39 is 5.60 Å². The summed E-state index contributed by atoms with van der Waals surface area (Å²) in [6, 6.07) is 8.28. The van der Waals surface area contributed by atoms with E-state index in [4.69, 9.17) is 4.74 Å². The predicted octanol–water partition coefficient (Wildman–Crippen LogP) is 6.01. The van der Waals surface area contributed by atoms with E-state index in [1.807, 2.05) is 46.8 Å². The molecule has 0 saturated carbocycles. The number of thiophene rings is 2. The van der Waals surface area contributed by atoms with Crippen molar-refractivity contribution < 1.29 is 9.53 Å². The van der Waals surface area contributed by atoms with Crippen LogP contribution in [-0.2, 0) is 11.3 Å². The Morgan fingerprint density at radius 1 is 1.23 bits per heavy atom. The molecule has 0 aromatic carbocycles.